The average Bonchev–Trinajstić information content (AvgIpc) is 2.97. The van der Waals surface area contributed by atoms with Crippen LogP contribution in [0.15, 0.2) is 5.38 Å². The van der Waals surface area contributed by atoms with Gasteiger partial charge in [-0.25, -0.2) is 4.98 Å². The summed E-state index contributed by atoms with van der Waals surface area (Å²) in [7, 11) is 0. The van der Waals surface area contributed by atoms with Crippen LogP contribution in [0.4, 0.5) is 5.13 Å². The zero-order chi connectivity index (χ0) is 14.8. The van der Waals surface area contributed by atoms with Crippen LogP contribution in [-0.2, 0) is 11.8 Å². The molecule has 2 heterocycles. The first kappa shape index (κ1) is 15.0. The van der Waals surface area contributed by atoms with E-state index in [1.807, 2.05) is 0 Å². The molecule has 2 aromatic heterocycles. The maximum absolute atomic E-state index is 12.0. The number of nitrogens with two attached hydrogens (primary N) is 1. The molecular weight excluding hydrogens is 294 g/mol. The Kier molecular flexibility index (Phi) is 4.46. The number of hydrogen-bond donors (Lipinski definition) is 2. The van der Waals surface area contributed by atoms with Gasteiger partial charge in [0.05, 0.1) is 5.01 Å². The van der Waals surface area contributed by atoms with Gasteiger partial charge in [0, 0.05) is 17.2 Å². The van der Waals surface area contributed by atoms with E-state index in [0.717, 1.165) is 10.0 Å². The third kappa shape index (κ3) is 3.59. The predicted octanol–water partition coefficient (Wildman–Crippen LogP) is 2.05. The van der Waals surface area contributed by atoms with E-state index in [1.165, 1.54) is 22.7 Å². The van der Waals surface area contributed by atoms with Gasteiger partial charge in [-0.2, -0.15) is 0 Å². The van der Waals surface area contributed by atoms with Gasteiger partial charge in [-0.3, -0.25) is 10.1 Å². The van der Waals surface area contributed by atoms with Gasteiger partial charge in [-0.05, 0) is 6.54 Å². The molecule has 0 unspecified atom stereocenters. The first-order valence-electron chi connectivity index (χ1n) is 6.20. The highest BCUT2D eigenvalue weighted by Crippen LogP contribution is 2.27. The third-order valence-electron chi connectivity index (χ3n) is 2.43. The lowest BCUT2D eigenvalue weighted by Gasteiger charge is -2.12. The summed E-state index contributed by atoms with van der Waals surface area (Å²) in [6.07, 6.45) is 0.685. The van der Waals surface area contributed by atoms with Gasteiger partial charge in [-0.15, -0.1) is 21.5 Å². The molecule has 108 valence electrons. The Morgan fingerprint density at radius 2 is 2.15 bits per heavy atom. The monoisotopic (exact) mass is 311 g/mol. The molecule has 0 aliphatic carbocycles. The van der Waals surface area contributed by atoms with E-state index >= 15 is 0 Å². The van der Waals surface area contributed by atoms with E-state index in [9.17, 15) is 4.79 Å². The fraction of sp³-hybridized carbons (Fsp3) is 0.500. The van der Waals surface area contributed by atoms with Crippen LogP contribution >= 0.6 is 22.7 Å². The SMILES string of the molecule is CC(C)(C)c1nnc(NC(=O)c2csc(CCN)n2)s1. The summed E-state index contributed by atoms with van der Waals surface area (Å²) < 4.78 is 0. The predicted molar refractivity (Wildman–Crippen MR) is 81.4 cm³/mol. The van der Waals surface area contributed by atoms with Gasteiger partial charge in [0.1, 0.15) is 10.7 Å². The van der Waals surface area contributed by atoms with Crippen LogP contribution in [0.5, 0.6) is 0 Å². The minimum absolute atomic E-state index is 0.0738. The van der Waals surface area contributed by atoms with Crippen LogP contribution < -0.4 is 11.1 Å². The molecule has 20 heavy (non-hydrogen) atoms. The second kappa shape index (κ2) is 5.94. The van der Waals surface area contributed by atoms with Crippen molar-refractivity contribution in [3.05, 3.63) is 21.1 Å². The van der Waals surface area contributed by atoms with Gasteiger partial charge in [0.25, 0.3) is 5.91 Å². The average molecular weight is 311 g/mol. The number of carbonyl (C=O) groups excluding carboxylic acids is 1. The van der Waals surface area contributed by atoms with Crippen molar-refractivity contribution in [1.82, 2.24) is 15.2 Å². The Balaban J connectivity index is 2.05. The summed E-state index contributed by atoms with van der Waals surface area (Å²) in [5.74, 6) is -0.263. The minimum Gasteiger partial charge on any atom is -0.330 e. The molecule has 0 atom stereocenters. The quantitative estimate of drug-likeness (QED) is 0.901. The Hall–Kier alpha value is -1.38. The van der Waals surface area contributed by atoms with Crippen molar-refractivity contribution in [1.29, 1.82) is 0 Å². The molecule has 0 radical (unpaired) electrons. The number of hydrogen-bond acceptors (Lipinski definition) is 7. The topological polar surface area (TPSA) is 93.8 Å². The van der Waals surface area contributed by atoms with Gasteiger partial charge < -0.3 is 5.73 Å². The molecule has 6 nitrogen and oxygen atoms in total. The third-order valence-corrected chi connectivity index (χ3v) is 4.60. The normalized spacial score (nSPS) is 11.6. The number of carbonyl (C=O) groups is 1. The molecular formula is C12H17N5OS2. The highest BCUT2D eigenvalue weighted by Gasteiger charge is 2.20. The van der Waals surface area contributed by atoms with Gasteiger partial charge >= 0.3 is 0 Å². The van der Waals surface area contributed by atoms with Crippen molar-refractivity contribution in [3.8, 4) is 0 Å². The maximum Gasteiger partial charge on any atom is 0.276 e. The molecule has 0 aromatic carbocycles. The molecule has 0 spiro atoms. The lowest BCUT2D eigenvalue weighted by Crippen LogP contribution is -2.12. The van der Waals surface area contributed by atoms with Crippen molar-refractivity contribution in [2.45, 2.75) is 32.6 Å². The van der Waals surface area contributed by atoms with Crippen molar-refractivity contribution in [3.63, 3.8) is 0 Å². The highest BCUT2D eigenvalue weighted by molar-refractivity contribution is 7.15. The first-order chi connectivity index (χ1) is 9.40. The summed E-state index contributed by atoms with van der Waals surface area (Å²) in [5.41, 5.74) is 5.78. The zero-order valence-corrected chi connectivity index (χ0v) is 13.3. The lowest BCUT2D eigenvalue weighted by molar-refractivity contribution is 0.102. The molecule has 3 N–H and O–H groups in total. The van der Waals surface area contributed by atoms with E-state index in [1.54, 1.807) is 5.38 Å². The van der Waals surface area contributed by atoms with Gasteiger partial charge in [-0.1, -0.05) is 32.1 Å². The standard InChI is InChI=1S/C12H17N5OS2/c1-12(2,3)10-16-17-11(20-10)15-9(18)7-6-19-8(14-7)4-5-13/h6H,4-5,13H2,1-3H3,(H,15,17,18). The Morgan fingerprint density at radius 3 is 2.75 bits per heavy atom. The minimum atomic E-state index is -0.263. The Bertz CT molecular complexity index is 599. The number of anilines is 1. The second-order valence-corrected chi connectivity index (χ2v) is 7.20. The molecule has 0 aliphatic rings. The van der Waals surface area contributed by atoms with E-state index in [-0.39, 0.29) is 11.3 Å². The second-order valence-electron chi connectivity index (χ2n) is 5.28. The van der Waals surface area contributed by atoms with Gasteiger partial charge in [0.2, 0.25) is 5.13 Å². The molecule has 0 fully saturated rings. The highest BCUT2D eigenvalue weighted by atomic mass is 32.1. The molecule has 0 bridgehead atoms. The Morgan fingerprint density at radius 1 is 1.40 bits per heavy atom. The summed E-state index contributed by atoms with van der Waals surface area (Å²) >= 11 is 2.82. The number of aromatic nitrogens is 3. The summed E-state index contributed by atoms with van der Waals surface area (Å²) in [6.45, 7) is 6.69. The van der Waals surface area contributed by atoms with E-state index in [2.05, 4.69) is 41.3 Å². The van der Waals surface area contributed by atoms with Crippen LogP contribution in [0.1, 0.15) is 41.3 Å². The van der Waals surface area contributed by atoms with E-state index in [0.29, 0.717) is 23.8 Å². The summed E-state index contributed by atoms with van der Waals surface area (Å²) in [5, 5.41) is 14.8. The number of thiazole rings is 1. The number of amides is 1. The number of rotatable bonds is 4. The van der Waals surface area contributed by atoms with Crippen LogP contribution in [0.25, 0.3) is 0 Å². The van der Waals surface area contributed by atoms with Crippen molar-refractivity contribution >= 4 is 33.7 Å². The fourth-order valence-electron chi connectivity index (χ4n) is 1.39. The molecule has 2 rings (SSSR count). The molecule has 2 aromatic rings. The number of nitrogens with one attached hydrogen (secondary N) is 1. The van der Waals surface area contributed by atoms with Crippen molar-refractivity contribution in [2.24, 2.45) is 5.73 Å². The van der Waals surface area contributed by atoms with Crippen LogP contribution in [0.3, 0.4) is 0 Å². The van der Waals surface area contributed by atoms with E-state index < -0.39 is 0 Å². The van der Waals surface area contributed by atoms with Crippen LogP contribution in [0.2, 0.25) is 0 Å². The molecule has 0 saturated heterocycles. The van der Waals surface area contributed by atoms with Gasteiger partial charge in [0.15, 0.2) is 0 Å². The molecule has 0 saturated carbocycles. The molecule has 1 amide bonds. The lowest BCUT2D eigenvalue weighted by atomic mass is 9.98. The van der Waals surface area contributed by atoms with Crippen molar-refractivity contribution in [2.75, 3.05) is 11.9 Å². The molecule has 8 heteroatoms. The summed E-state index contributed by atoms with van der Waals surface area (Å²) in [6, 6.07) is 0. The fourth-order valence-corrected chi connectivity index (χ4v) is 2.98. The summed E-state index contributed by atoms with van der Waals surface area (Å²) in [4.78, 5) is 16.3. The number of nitrogens with zero attached hydrogens (tertiary/aromatic N) is 3. The zero-order valence-electron chi connectivity index (χ0n) is 11.6. The van der Waals surface area contributed by atoms with E-state index in [4.69, 9.17) is 5.73 Å². The Labute approximate surface area is 125 Å². The van der Waals surface area contributed by atoms with Crippen LogP contribution in [0, 0.1) is 0 Å². The molecule has 0 aliphatic heterocycles. The van der Waals surface area contributed by atoms with Crippen molar-refractivity contribution < 1.29 is 4.79 Å². The first-order valence-corrected chi connectivity index (χ1v) is 7.89. The smallest absolute Gasteiger partial charge is 0.276 e. The largest absolute Gasteiger partial charge is 0.330 e. The maximum atomic E-state index is 12.0. The van der Waals surface area contributed by atoms with Crippen LogP contribution in [-0.4, -0.2) is 27.6 Å².